The van der Waals surface area contributed by atoms with Gasteiger partial charge in [-0.1, -0.05) is 18.5 Å². The van der Waals surface area contributed by atoms with Crippen molar-refractivity contribution in [3.63, 3.8) is 0 Å². The van der Waals surface area contributed by atoms with Gasteiger partial charge >= 0.3 is 0 Å². The average Bonchev–Trinajstić information content (AvgIpc) is 2.39. The molecule has 1 aromatic carbocycles. The van der Waals surface area contributed by atoms with Crippen LogP contribution in [0.3, 0.4) is 0 Å². The molecule has 0 saturated carbocycles. The summed E-state index contributed by atoms with van der Waals surface area (Å²) in [5.41, 5.74) is 7.11. The number of hydrogen-bond acceptors (Lipinski definition) is 3. The van der Waals surface area contributed by atoms with Gasteiger partial charge in [0.15, 0.2) is 0 Å². The smallest absolute Gasteiger partial charge is 0.122 e. The van der Waals surface area contributed by atoms with Gasteiger partial charge < -0.3 is 15.4 Å². The third-order valence-corrected chi connectivity index (χ3v) is 4.09. The first-order chi connectivity index (χ1) is 9.02. The summed E-state index contributed by atoms with van der Waals surface area (Å²) in [4.78, 5) is 2.24. The number of anilines is 1. The molecule has 0 aliphatic carbocycles. The van der Waals surface area contributed by atoms with Crippen molar-refractivity contribution < 1.29 is 4.74 Å². The monoisotopic (exact) mass is 281 g/mol. The topological polar surface area (TPSA) is 62.3 Å². The number of hydrogen-bond donors (Lipinski definition) is 2. The lowest BCUT2D eigenvalue weighted by Gasteiger charge is -2.38. The number of benzene rings is 1. The standard InChI is InChI=1S/C14H20ClN3O/c1-9-5-6-18(8-13(9)19-2)12-4-3-10(14(16)17)7-11(12)15/h3-4,7,9,13H,5-6,8H2,1-2H3,(H3,16,17). The fraction of sp³-hybridized carbons (Fsp3) is 0.500. The second-order valence-corrected chi connectivity index (χ2v) is 5.47. The zero-order chi connectivity index (χ0) is 14.0. The summed E-state index contributed by atoms with van der Waals surface area (Å²) in [6.07, 6.45) is 1.32. The highest BCUT2D eigenvalue weighted by Crippen LogP contribution is 2.31. The number of rotatable bonds is 3. The van der Waals surface area contributed by atoms with Crippen molar-refractivity contribution in [1.82, 2.24) is 0 Å². The fourth-order valence-corrected chi connectivity index (χ4v) is 2.79. The molecule has 4 nitrogen and oxygen atoms in total. The number of nitrogens with two attached hydrogens (primary N) is 1. The highest BCUT2D eigenvalue weighted by Gasteiger charge is 2.27. The Morgan fingerprint density at radius 3 is 2.84 bits per heavy atom. The van der Waals surface area contributed by atoms with E-state index in [0.717, 1.165) is 25.2 Å². The zero-order valence-corrected chi connectivity index (χ0v) is 12.1. The molecule has 0 spiro atoms. The van der Waals surface area contributed by atoms with E-state index in [1.165, 1.54) is 0 Å². The summed E-state index contributed by atoms with van der Waals surface area (Å²) < 4.78 is 5.52. The maximum Gasteiger partial charge on any atom is 0.122 e. The number of ether oxygens (including phenoxy) is 1. The molecule has 1 aliphatic rings. The largest absolute Gasteiger partial charge is 0.384 e. The van der Waals surface area contributed by atoms with Crippen LogP contribution >= 0.6 is 11.6 Å². The highest BCUT2D eigenvalue weighted by molar-refractivity contribution is 6.33. The molecule has 1 heterocycles. The number of methoxy groups -OCH3 is 1. The summed E-state index contributed by atoms with van der Waals surface area (Å²) in [6.45, 7) is 4.03. The van der Waals surface area contributed by atoms with Gasteiger partial charge in [-0.05, 0) is 30.5 Å². The van der Waals surface area contributed by atoms with Gasteiger partial charge in [0.2, 0.25) is 0 Å². The molecule has 19 heavy (non-hydrogen) atoms. The molecular weight excluding hydrogens is 262 g/mol. The first-order valence-electron chi connectivity index (χ1n) is 6.44. The minimum Gasteiger partial charge on any atom is -0.384 e. The maximum absolute atomic E-state index is 7.42. The summed E-state index contributed by atoms with van der Waals surface area (Å²) in [5, 5.41) is 8.06. The number of halogens is 1. The van der Waals surface area contributed by atoms with Crippen LogP contribution in [0.1, 0.15) is 18.9 Å². The van der Waals surface area contributed by atoms with Gasteiger partial charge in [0, 0.05) is 25.8 Å². The van der Waals surface area contributed by atoms with Crippen molar-refractivity contribution in [3.05, 3.63) is 28.8 Å². The molecule has 0 amide bonds. The van der Waals surface area contributed by atoms with E-state index in [-0.39, 0.29) is 11.9 Å². The molecule has 0 bridgehead atoms. The van der Waals surface area contributed by atoms with Crippen LogP contribution in [0, 0.1) is 11.3 Å². The number of nitrogen functional groups attached to an aromatic ring is 1. The molecule has 2 rings (SSSR count). The molecule has 0 radical (unpaired) electrons. The van der Waals surface area contributed by atoms with Crippen LogP contribution in [0.25, 0.3) is 0 Å². The van der Waals surface area contributed by atoms with Crippen LogP contribution in [0.2, 0.25) is 5.02 Å². The normalized spacial score (nSPS) is 23.4. The maximum atomic E-state index is 7.42. The minimum atomic E-state index is 0.0375. The number of nitrogens with zero attached hydrogens (tertiary/aromatic N) is 1. The Balaban J connectivity index is 2.20. The number of nitrogens with one attached hydrogen (secondary N) is 1. The molecule has 2 unspecified atom stereocenters. The first kappa shape index (κ1) is 14.2. The van der Waals surface area contributed by atoms with Crippen molar-refractivity contribution in [2.75, 3.05) is 25.1 Å². The van der Waals surface area contributed by atoms with Gasteiger partial charge in [-0.2, -0.15) is 0 Å². The van der Waals surface area contributed by atoms with Gasteiger partial charge in [-0.25, -0.2) is 0 Å². The minimum absolute atomic E-state index is 0.0375. The van der Waals surface area contributed by atoms with Gasteiger partial charge in [0.25, 0.3) is 0 Å². The van der Waals surface area contributed by atoms with E-state index in [0.29, 0.717) is 16.5 Å². The predicted molar refractivity (Wildman–Crippen MR) is 79.3 cm³/mol. The van der Waals surface area contributed by atoms with Crippen LogP contribution in [0.15, 0.2) is 18.2 Å². The lowest BCUT2D eigenvalue weighted by molar-refractivity contribution is 0.0498. The Bertz CT molecular complexity index is 478. The molecule has 2 atom stereocenters. The Kier molecular flexibility index (Phi) is 4.32. The van der Waals surface area contributed by atoms with Crippen LogP contribution in [0.5, 0.6) is 0 Å². The lowest BCUT2D eigenvalue weighted by atomic mass is 9.95. The zero-order valence-electron chi connectivity index (χ0n) is 11.3. The molecule has 1 saturated heterocycles. The molecular formula is C14H20ClN3O. The fourth-order valence-electron chi connectivity index (χ4n) is 2.49. The van der Waals surface area contributed by atoms with Crippen molar-refractivity contribution >= 4 is 23.1 Å². The van der Waals surface area contributed by atoms with E-state index in [4.69, 9.17) is 27.5 Å². The van der Waals surface area contributed by atoms with E-state index in [1.807, 2.05) is 12.1 Å². The molecule has 0 aromatic heterocycles. The molecule has 104 valence electrons. The summed E-state index contributed by atoms with van der Waals surface area (Å²) in [6, 6.07) is 5.52. The van der Waals surface area contributed by atoms with E-state index >= 15 is 0 Å². The highest BCUT2D eigenvalue weighted by atomic mass is 35.5. The van der Waals surface area contributed by atoms with E-state index < -0.39 is 0 Å². The van der Waals surface area contributed by atoms with Crippen LogP contribution < -0.4 is 10.6 Å². The van der Waals surface area contributed by atoms with E-state index in [9.17, 15) is 0 Å². The Labute approximate surface area is 119 Å². The molecule has 5 heteroatoms. The Morgan fingerprint density at radius 2 is 2.26 bits per heavy atom. The summed E-state index contributed by atoms with van der Waals surface area (Å²) in [5.74, 6) is 0.604. The van der Waals surface area contributed by atoms with Crippen molar-refractivity contribution in [2.45, 2.75) is 19.4 Å². The molecule has 1 aliphatic heterocycles. The third kappa shape index (κ3) is 3.01. The molecule has 1 fully saturated rings. The Morgan fingerprint density at radius 1 is 1.53 bits per heavy atom. The SMILES string of the molecule is COC1CN(c2ccc(C(=N)N)cc2Cl)CCC1C. The van der Waals surface area contributed by atoms with Gasteiger partial charge in [0.1, 0.15) is 5.84 Å². The quantitative estimate of drug-likeness (QED) is 0.661. The van der Waals surface area contributed by atoms with Crippen LogP contribution in [0.4, 0.5) is 5.69 Å². The number of piperidine rings is 1. The van der Waals surface area contributed by atoms with Crippen LogP contribution in [-0.4, -0.2) is 32.1 Å². The average molecular weight is 282 g/mol. The van der Waals surface area contributed by atoms with Crippen molar-refractivity contribution in [3.8, 4) is 0 Å². The summed E-state index contributed by atoms with van der Waals surface area (Å²) in [7, 11) is 1.76. The molecule has 1 aromatic rings. The second kappa shape index (κ2) is 5.80. The van der Waals surface area contributed by atoms with Crippen LogP contribution in [-0.2, 0) is 4.74 Å². The van der Waals surface area contributed by atoms with E-state index in [1.54, 1.807) is 13.2 Å². The number of amidine groups is 1. The lowest BCUT2D eigenvalue weighted by Crippen LogP contribution is -2.44. The predicted octanol–water partition coefficient (Wildman–Crippen LogP) is 2.49. The van der Waals surface area contributed by atoms with Gasteiger partial charge in [-0.15, -0.1) is 0 Å². The van der Waals surface area contributed by atoms with Crippen molar-refractivity contribution in [2.24, 2.45) is 11.7 Å². The molecule has 3 N–H and O–H groups in total. The Hall–Kier alpha value is -1.26. The third-order valence-electron chi connectivity index (χ3n) is 3.79. The second-order valence-electron chi connectivity index (χ2n) is 5.07. The van der Waals surface area contributed by atoms with Gasteiger partial charge in [0.05, 0.1) is 16.8 Å². The van der Waals surface area contributed by atoms with Gasteiger partial charge in [-0.3, -0.25) is 5.41 Å². The van der Waals surface area contributed by atoms with Crippen molar-refractivity contribution in [1.29, 1.82) is 5.41 Å². The summed E-state index contributed by atoms with van der Waals surface area (Å²) >= 11 is 6.30. The first-order valence-corrected chi connectivity index (χ1v) is 6.82. The van der Waals surface area contributed by atoms with E-state index in [2.05, 4.69) is 11.8 Å².